The Morgan fingerprint density at radius 1 is 1.60 bits per heavy atom. The Balaban J connectivity index is 2.52. The molecule has 1 aromatic heterocycles. The van der Waals surface area contributed by atoms with Crippen LogP contribution in [0.1, 0.15) is 18.7 Å². The molecule has 1 N–H and O–H groups in total. The van der Waals surface area contributed by atoms with Crippen LogP contribution >= 0.6 is 11.3 Å². The Bertz CT molecular complexity index is 362. The minimum atomic E-state index is -0.282. The van der Waals surface area contributed by atoms with Crippen LogP contribution in [0.2, 0.25) is 0 Å². The second-order valence-electron chi connectivity index (χ2n) is 2.79. The molecule has 0 bridgehead atoms. The number of hydrogen-bond donors (Lipinski definition) is 1. The maximum absolute atomic E-state index is 11.1. The summed E-state index contributed by atoms with van der Waals surface area (Å²) >= 11 is 1.27. The van der Waals surface area contributed by atoms with Crippen molar-refractivity contribution in [2.45, 2.75) is 20.3 Å². The highest BCUT2D eigenvalue weighted by Crippen LogP contribution is 2.18. The van der Waals surface area contributed by atoms with Crippen LogP contribution in [0.25, 0.3) is 0 Å². The molecule has 0 saturated carbocycles. The van der Waals surface area contributed by atoms with Crippen LogP contribution in [0, 0.1) is 0 Å². The first-order valence-corrected chi connectivity index (χ1v) is 5.31. The van der Waals surface area contributed by atoms with Crippen molar-refractivity contribution in [1.82, 2.24) is 4.98 Å². The second-order valence-corrected chi connectivity index (χ2v) is 3.91. The van der Waals surface area contributed by atoms with E-state index in [0.717, 1.165) is 4.88 Å². The summed E-state index contributed by atoms with van der Waals surface area (Å²) in [5, 5.41) is 3.05. The van der Waals surface area contributed by atoms with Crippen LogP contribution in [0.5, 0.6) is 0 Å². The van der Waals surface area contributed by atoms with Crippen molar-refractivity contribution >= 4 is 28.3 Å². The SMILES string of the molecule is CCOC(=O)Cc1cnc(NC(C)=O)s1. The third-order valence-electron chi connectivity index (χ3n) is 1.46. The highest BCUT2D eigenvalue weighted by Gasteiger charge is 2.08. The highest BCUT2D eigenvalue weighted by atomic mass is 32.1. The summed E-state index contributed by atoms with van der Waals surface area (Å²) < 4.78 is 4.79. The first-order valence-electron chi connectivity index (χ1n) is 4.49. The van der Waals surface area contributed by atoms with E-state index in [1.165, 1.54) is 18.3 Å². The van der Waals surface area contributed by atoms with Crippen molar-refractivity contribution in [3.8, 4) is 0 Å². The van der Waals surface area contributed by atoms with Gasteiger partial charge in [-0.1, -0.05) is 0 Å². The van der Waals surface area contributed by atoms with E-state index in [1.807, 2.05) is 0 Å². The summed E-state index contributed by atoms with van der Waals surface area (Å²) in [6.45, 7) is 3.54. The number of amides is 1. The van der Waals surface area contributed by atoms with Gasteiger partial charge in [0.15, 0.2) is 5.13 Å². The summed E-state index contributed by atoms with van der Waals surface area (Å²) in [5.74, 6) is -0.456. The first-order chi connectivity index (χ1) is 7.11. The fourth-order valence-corrected chi connectivity index (χ4v) is 1.80. The van der Waals surface area contributed by atoms with Crippen LogP contribution in [0.3, 0.4) is 0 Å². The predicted octanol–water partition coefficient (Wildman–Crippen LogP) is 1.21. The number of aromatic nitrogens is 1. The third-order valence-corrected chi connectivity index (χ3v) is 2.37. The zero-order valence-electron chi connectivity index (χ0n) is 8.57. The molecule has 1 aromatic rings. The topological polar surface area (TPSA) is 68.3 Å². The molecule has 1 heterocycles. The fourth-order valence-electron chi connectivity index (χ4n) is 0.952. The normalized spacial score (nSPS) is 9.73. The predicted molar refractivity (Wildman–Crippen MR) is 56.8 cm³/mol. The molecular weight excluding hydrogens is 216 g/mol. The van der Waals surface area contributed by atoms with Crippen LogP contribution in [0.15, 0.2) is 6.20 Å². The first kappa shape index (κ1) is 11.6. The Labute approximate surface area is 91.5 Å². The van der Waals surface area contributed by atoms with Gasteiger partial charge in [-0.3, -0.25) is 9.59 Å². The van der Waals surface area contributed by atoms with Crippen molar-refractivity contribution in [2.75, 3.05) is 11.9 Å². The standard InChI is InChI=1S/C9H12N2O3S/c1-3-14-8(13)4-7-5-10-9(15-7)11-6(2)12/h5H,3-4H2,1-2H3,(H,10,11,12). The van der Waals surface area contributed by atoms with Gasteiger partial charge in [-0.05, 0) is 6.92 Å². The third kappa shape index (κ3) is 4.07. The maximum Gasteiger partial charge on any atom is 0.311 e. The number of carbonyl (C=O) groups is 2. The van der Waals surface area contributed by atoms with Crippen LogP contribution in [-0.4, -0.2) is 23.5 Å². The molecule has 5 nitrogen and oxygen atoms in total. The van der Waals surface area contributed by atoms with Crippen molar-refractivity contribution < 1.29 is 14.3 Å². The summed E-state index contributed by atoms with van der Waals surface area (Å²) in [6.07, 6.45) is 1.76. The van der Waals surface area contributed by atoms with Gasteiger partial charge in [-0.15, -0.1) is 11.3 Å². The van der Waals surface area contributed by atoms with Gasteiger partial charge in [-0.2, -0.15) is 0 Å². The number of rotatable bonds is 4. The van der Waals surface area contributed by atoms with Crippen molar-refractivity contribution in [3.63, 3.8) is 0 Å². The molecule has 1 amide bonds. The second kappa shape index (κ2) is 5.45. The number of carbonyl (C=O) groups excluding carboxylic acids is 2. The fraction of sp³-hybridized carbons (Fsp3) is 0.444. The summed E-state index contributed by atoms with van der Waals surface area (Å²) in [6, 6.07) is 0. The zero-order chi connectivity index (χ0) is 11.3. The molecular formula is C9H12N2O3S. The maximum atomic E-state index is 11.1. The van der Waals surface area contributed by atoms with Gasteiger partial charge in [-0.25, -0.2) is 4.98 Å². The zero-order valence-corrected chi connectivity index (χ0v) is 9.39. The molecule has 1 rings (SSSR count). The van der Waals surface area contributed by atoms with E-state index in [-0.39, 0.29) is 18.3 Å². The van der Waals surface area contributed by atoms with Gasteiger partial charge in [0.25, 0.3) is 0 Å². The van der Waals surface area contributed by atoms with Crippen LogP contribution < -0.4 is 5.32 Å². The average Bonchev–Trinajstić information content (AvgIpc) is 2.51. The molecule has 0 atom stereocenters. The molecule has 6 heteroatoms. The summed E-state index contributed by atoms with van der Waals surface area (Å²) in [7, 11) is 0. The lowest BCUT2D eigenvalue weighted by Gasteiger charge is -1.97. The van der Waals surface area contributed by atoms with Crippen LogP contribution in [-0.2, 0) is 20.7 Å². The van der Waals surface area contributed by atoms with Gasteiger partial charge in [0, 0.05) is 18.0 Å². The van der Waals surface area contributed by atoms with Gasteiger partial charge >= 0.3 is 5.97 Å². The van der Waals surface area contributed by atoms with E-state index < -0.39 is 0 Å². The van der Waals surface area contributed by atoms with Gasteiger partial charge in [0.1, 0.15) is 0 Å². The van der Waals surface area contributed by atoms with Gasteiger partial charge in [0.05, 0.1) is 13.0 Å². The molecule has 0 aliphatic heterocycles. The van der Waals surface area contributed by atoms with Gasteiger partial charge in [0.2, 0.25) is 5.91 Å². The Morgan fingerprint density at radius 3 is 2.93 bits per heavy atom. The Kier molecular flexibility index (Phi) is 4.23. The molecule has 0 fully saturated rings. The average molecular weight is 228 g/mol. The molecule has 0 aromatic carbocycles. The number of nitrogens with zero attached hydrogens (tertiary/aromatic N) is 1. The Morgan fingerprint density at radius 2 is 2.33 bits per heavy atom. The van der Waals surface area contributed by atoms with E-state index in [4.69, 9.17) is 4.74 Å². The number of thiazole rings is 1. The molecule has 0 spiro atoms. The summed E-state index contributed by atoms with van der Waals surface area (Å²) in [4.78, 5) is 26.5. The molecule has 0 unspecified atom stereocenters. The molecule has 0 aliphatic rings. The van der Waals surface area contributed by atoms with E-state index >= 15 is 0 Å². The molecule has 0 aliphatic carbocycles. The highest BCUT2D eigenvalue weighted by molar-refractivity contribution is 7.15. The number of anilines is 1. The number of esters is 1. The van der Waals surface area contributed by atoms with Crippen molar-refractivity contribution in [2.24, 2.45) is 0 Å². The smallest absolute Gasteiger partial charge is 0.311 e. The van der Waals surface area contributed by atoms with E-state index in [1.54, 1.807) is 13.1 Å². The monoisotopic (exact) mass is 228 g/mol. The molecule has 15 heavy (non-hydrogen) atoms. The lowest BCUT2D eigenvalue weighted by atomic mass is 10.4. The number of hydrogen-bond acceptors (Lipinski definition) is 5. The number of ether oxygens (including phenoxy) is 1. The summed E-state index contributed by atoms with van der Waals surface area (Å²) in [5.41, 5.74) is 0. The van der Waals surface area contributed by atoms with Crippen molar-refractivity contribution in [3.05, 3.63) is 11.1 Å². The molecule has 82 valence electrons. The number of nitrogens with one attached hydrogen (secondary N) is 1. The molecule has 0 radical (unpaired) electrons. The molecule has 0 saturated heterocycles. The largest absolute Gasteiger partial charge is 0.466 e. The van der Waals surface area contributed by atoms with E-state index in [0.29, 0.717) is 11.7 Å². The van der Waals surface area contributed by atoms with E-state index in [2.05, 4.69) is 10.3 Å². The van der Waals surface area contributed by atoms with Crippen molar-refractivity contribution in [1.29, 1.82) is 0 Å². The Hall–Kier alpha value is -1.43. The lowest BCUT2D eigenvalue weighted by molar-refractivity contribution is -0.142. The minimum Gasteiger partial charge on any atom is -0.466 e. The lowest BCUT2D eigenvalue weighted by Crippen LogP contribution is -2.06. The van der Waals surface area contributed by atoms with E-state index in [9.17, 15) is 9.59 Å². The van der Waals surface area contributed by atoms with Gasteiger partial charge < -0.3 is 10.1 Å². The van der Waals surface area contributed by atoms with Crippen LogP contribution in [0.4, 0.5) is 5.13 Å². The minimum absolute atomic E-state index is 0.174. The quantitative estimate of drug-likeness (QED) is 0.786.